The summed E-state index contributed by atoms with van der Waals surface area (Å²) in [6.07, 6.45) is 3.48. The molecule has 1 saturated heterocycles. The fourth-order valence-electron chi connectivity index (χ4n) is 2.96. The van der Waals surface area contributed by atoms with E-state index in [1.807, 2.05) is 0 Å². The highest BCUT2D eigenvalue weighted by atomic mass is 16.5. The average Bonchev–Trinajstić information content (AvgIpc) is 2.43. The second kappa shape index (κ2) is 8.86. The smallest absolute Gasteiger partial charge is 0.0637 e. The Balaban J connectivity index is 2.71. The zero-order valence-corrected chi connectivity index (χ0v) is 12.4. The Morgan fingerprint density at radius 2 is 2.11 bits per heavy atom. The minimum Gasteiger partial charge on any atom is -0.383 e. The van der Waals surface area contributed by atoms with Crippen LogP contribution < -0.4 is 5.32 Å². The third kappa shape index (κ3) is 4.19. The summed E-state index contributed by atoms with van der Waals surface area (Å²) in [6.45, 7) is 8.05. The number of ether oxygens (including phenoxy) is 2. The molecule has 1 N–H and O–H groups in total. The minimum atomic E-state index is 0.476. The van der Waals surface area contributed by atoms with Gasteiger partial charge in [-0.25, -0.2) is 0 Å². The average molecular weight is 258 g/mol. The molecule has 0 aromatic rings. The van der Waals surface area contributed by atoms with E-state index in [9.17, 15) is 0 Å². The number of nitrogens with zero attached hydrogens (tertiary/aromatic N) is 1. The lowest BCUT2D eigenvalue weighted by molar-refractivity contribution is -0.0276. The lowest BCUT2D eigenvalue weighted by Crippen LogP contribution is -2.58. The van der Waals surface area contributed by atoms with Crippen LogP contribution in [-0.4, -0.2) is 63.5 Å². The van der Waals surface area contributed by atoms with Crippen LogP contribution in [0.4, 0.5) is 0 Å². The van der Waals surface area contributed by atoms with E-state index < -0.39 is 0 Å². The first-order valence-electron chi connectivity index (χ1n) is 7.28. The number of nitrogens with one attached hydrogen (secondary N) is 1. The molecule has 0 bridgehead atoms. The molecular formula is C14H30N2O2. The predicted molar refractivity (Wildman–Crippen MR) is 75.0 cm³/mol. The first-order chi connectivity index (χ1) is 8.78. The topological polar surface area (TPSA) is 33.7 Å². The molecule has 4 nitrogen and oxygen atoms in total. The van der Waals surface area contributed by atoms with Crippen molar-refractivity contribution in [2.45, 2.75) is 51.2 Å². The van der Waals surface area contributed by atoms with Crippen molar-refractivity contribution in [2.24, 2.45) is 0 Å². The molecular weight excluding hydrogens is 228 g/mol. The van der Waals surface area contributed by atoms with Crippen molar-refractivity contribution in [2.75, 3.05) is 40.5 Å². The molecule has 0 amide bonds. The van der Waals surface area contributed by atoms with Crippen LogP contribution >= 0.6 is 0 Å². The van der Waals surface area contributed by atoms with Gasteiger partial charge < -0.3 is 14.8 Å². The van der Waals surface area contributed by atoms with E-state index in [-0.39, 0.29) is 0 Å². The molecule has 1 fully saturated rings. The number of likely N-dealkylation sites (N-methyl/N-ethyl adjacent to an activating group) is 1. The summed E-state index contributed by atoms with van der Waals surface area (Å²) in [5.74, 6) is 0. The molecule has 0 saturated carbocycles. The minimum absolute atomic E-state index is 0.476. The van der Waals surface area contributed by atoms with Crippen molar-refractivity contribution in [3.63, 3.8) is 0 Å². The van der Waals surface area contributed by atoms with Gasteiger partial charge in [0.15, 0.2) is 0 Å². The fourth-order valence-corrected chi connectivity index (χ4v) is 2.96. The maximum absolute atomic E-state index is 5.69. The van der Waals surface area contributed by atoms with Gasteiger partial charge in [-0.15, -0.1) is 0 Å². The van der Waals surface area contributed by atoms with Gasteiger partial charge in [0, 0.05) is 38.4 Å². The van der Waals surface area contributed by atoms with E-state index in [1.54, 1.807) is 7.11 Å². The number of methoxy groups -OCH3 is 1. The highest BCUT2D eigenvalue weighted by Gasteiger charge is 2.32. The maximum atomic E-state index is 5.69. The highest BCUT2D eigenvalue weighted by molar-refractivity contribution is 4.89. The Morgan fingerprint density at radius 3 is 2.67 bits per heavy atom. The van der Waals surface area contributed by atoms with Gasteiger partial charge in [0.2, 0.25) is 0 Å². The van der Waals surface area contributed by atoms with Gasteiger partial charge in [-0.05, 0) is 26.3 Å². The van der Waals surface area contributed by atoms with Crippen molar-refractivity contribution in [3.8, 4) is 0 Å². The standard InChI is InChI=1S/C14H30N2O2/c1-5-12(6-2)16(8-10-17-4)14-11-18-9-7-13(14)15-3/h12-15H,5-11H2,1-4H3. The van der Waals surface area contributed by atoms with Crippen molar-refractivity contribution in [1.29, 1.82) is 0 Å². The van der Waals surface area contributed by atoms with Crippen molar-refractivity contribution in [3.05, 3.63) is 0 Å². The molecule has 1 heterocycles. The van der Waals surface area contributed by atoms with Crippen LogP contribution in [0.3, 0.4) is 0 Å². The molecule has 4 heteroatoms. The summed E-state index contributed by atoms with van der Waals surface area (Å²) in [7, 11) is 3.84. The Kier molecular flexibility index (Phi) is 7.82. The predicted octanol–water partition coefficient (Wildman–Crippen LogP) is 1.50. The molecule has 0 radical (unpaired) electrons. The van der Waals surface area contributed by atoms with Crippen LogP contribution in [-0.2, 0) is 9.47 Å². The molecule has 2 atom stereocenters. The maximum Gasteiger partial charge on any atom is 0.0637 e. The molecule has 1 aliphatic heterocycles. The highest BCUT2D eigenvalue weighted by Crippen LogP contribution is 2.20. The quantitative estimate of drug-likeness (QED) is 0.715. The first-order valence-corrected chi connectivity index (χ1v) is 7.28. The fraction of sp³-hybridized carbons (Fsp3) is 1.00. The molecule has 1 aliphatic rings. The zero-order valence-electron chi connectivity index (χ0n) is 12.4. The number of rotatable bonds is 8. The Bertz CT molecular complexity index is 210. The van der Waals surface area contributed by atoms with Crippen LogP contribution in [0.25, 0.3) is 0 Å². The van der Waals surface area contributed by atoms with Crippen LogP contribution in [0.15, 0.2) is 0 Å². The summed E-state index contributed by atoms with van der Waals surface area (Å²) in [6, 6.07) is 1.64. The SMILES string of the molecule is CCC(CC)N(CCOC)C1COCCC1NC. The Morgan fingerprint density at radius 1 is 1.39 bits per heavy atom. The van der Waals surface area contributed by atoms with E-state index in [0.717, 1.165) is 32.8 Å². The van der Waals surface area contributed by atoms with Gasteiger partial charge >= 0.3 is 0 Å². The van der Waals surface area contributed by atoms with E-state index in [1.165, 1.54) is 12.8 Å². The number of hydrogen-bond donors (Lipinski definition) is 1. The van der Waals surface area contributed by atoms with E-state index in [0.29, 0.717) is 18.1 Å². The van der Waals surface area contributed by atoms with Gasteiger partial charge in [0.05, 0.1) is 13.2 Å². The normalized spacial score (nSPS) is 25.0. The first kappa shape index (κ1) is 15.9. The van der Waals surface area contributed by atoms with E-state index >= 15 is 0 Å². The van der Waals surface area contributed by atoms with Crippen LogP contribution in [0.5, 0.6) is 0 Å². The van der Waals surface area contributed by atoms with Crippen molar-refractivity contribution >= 4 is 0 Å². The van der Waals surface area contributed by atoms with E-state index in [2.05, 4.69) is 31.1 Å². The van der Waals surface area contributed by atoms with Gasteiger partial charge in [-0.1, -0.05) is 13.8 Å². The van der Waals surface area contributed by atoms with Crippen LogP contribution in [0.1, 0.15) is 33.1 Å². The third-order valence-electron chi connectivity index (χ3n) is 4.09. The van der Waals surface area contributed by atoms with Crippen molar-refractivity contribution < 1.29 is 9.47 Å². The molecule has 0 aromatic heterocycles. The molecule has 0 spiro atoms. The zero-order chi connectivity index (χ0) is 13.4. The molecule has 0 aliphatic carbocycles. The van der Waals surface area contributed by atoms with E-state index in [4.69, 9.17) is 9.47 Å². The Hall–Kier alpha value is -0.160. The lowest BCUT2D eigenvalue weighted by atomic mass is 9.98. The van der Waals surface area contributed by atoms with Crippen LogP contribution in [0.2, 0.25) is 0 Å². The monoisotopic (exact) mass is 258 g/mol. The molecule has 0 aromatic carbocycles. The summed E-state index contributed by atoms with van der Waals surface area (Å²) in [4.78, 5) is 2.59. The second-order valence-corrected chi connectivity index (χ2v) is 5.03. The molecule has 18 heavy (non-hydrogen) atoms. The van der Waals surface area contributed by atoms with Gasteiger partial charge in [0.25, 0.3) is 0 Å². The van der Waals surface area contributed by atoms with Crippen LogP contribution in [0, 0.1) is 0 Å². The summed E-state index contributed by atoms with van der Waals surface area (Å²) in [5.41, 5.74) is 0. The summed E-state index contributed by atoms with van der Waals surface area (Å²) >= 11 is 0. The molecule has 2 unspecified atom stereocenters. The Labute approximate surface area is 112 Å². The number of hydrogen-bond acceptors (Lipinski definition) is 4. The molecule has 1 rings (SSSR count). The molecule has 108 valence electrons. The van der Waals surface area contributed by atoms with Crippen molar-refractivity contribution in [1.82, 2.24) is 10.2 Å². The third-order valence-corrected chi connectivity index (χ3v) is 4.09. The lowest BCUT2D eigenvalue weighted by Gasteiger charge is -2.43. The second-order valence-electron chi connectivity index (χ2n) is 5.03. The summed E-state index contributed by atoms with van der Waals surface area (Å²) in [5, 5.41) is 3.45. The van der Waals surface area contributed by atoms with Gasteiger partial charge in [-0.2, -0.15) is 0 Å². The van der Waals surface area contributed by atoms with Gasteiger partial charge in [-0.3, -0.25) is 4.90 Å². The summed E-state index contributed by atoms with van der Waals surface area (Å²) < 4.78 is 11.0. The largest absolute Gasteiger partial charge is 0.383 e. The van der Waals surface area contributed by atoms with Gasteiger partial charge in [0.1, 0.15) is 0 Å².